The Hall–Kier alpha value is -3.19. The quantitative estimate of drug-likeness (QED) is 0.692. The van der Waals surface area contributed by atoms with Crippen molar-refractivity contribution in [2.45, 2.75) is 18.9 Å². The van der Waals surface area contributed by atoms with E-state index in [1.165, 1.54) is 12.1 Å². The molecule has 0 fully saturated rings. The minimum atomic E-state index is -0.935. The number of amides is 2. The monoisotopic (exact) mass is 412 g/mol. The van der Waals surface area contributed by atoms with Crippen molar-refractivity contribution in [3.05, 3.63) is 81.8 Å². The highest BCUT2D eigenvalue weighted by Gasteiger charge is 2.41. The summed E-state index contributed by atoms with van der Waals surface area (Å²) in [7, 11) is 1.72. The van der Waals surface area contributed by atoms with Crippen LogP contribution in [0.25, 0.3) is 0 Å². The number of anilines is 1. The van der Waals surface area contributed by atoms with E-state index < -0.39 is 29.6 Å². The summed E-state index contributed by atoms with van der Waals surface area (Å²) in [5.74, 6) is -1.28. The van der Waals surface area contributed by atoms with Crippen molar-refractivity contribution >= 4 is 29.2 Å². The van der Waals surface area contributed by atoms with Crippen LogP contribution in [0.4, 0.5) is 10.2 Å². The Morgan fingerprint density at radius 1 is 1.24 bits per heavy atom. The van der Waals surface area contributed by atoms with Crippen LogP contribution in [0.2, 0.25) is 5.02 Å². The standard InChI is InChI=1S/C21H18ClFN4O2/c1-11-16-17(13-4-3-5-15(23)10-13)18(21(29)25-19(16)27(2)26-11)24-20(28)12-6-8-14(22)9-7-12/h3-10,17-18H,1-2H3,(H,24,28)(H,25,29)/t17-,18-/m0/s1. The fourth-order valence-corrected chi connectivity index (χ4v) is 3.87. The number of benzene rings is 2. The molecule has 4 rings (SSSR count). The zero-order chi connectivity index (χ0) is 20.7. The predicted octanol–water partition coefficient (Wildman–Crippen LogP) is 3.40. The number of fused-ring (bicyclic) bond motifs is 1. The Bertz CT molecular complexity index is 1110. The molecule has 0 radical (unpaired) electrons. The fraction of sp³-hybridized carbons (Fsp3) is 0.190. The lowest BCUT2D eigenvalue weighted by atomic mass is 9.82. The van der Waals surface area contributed by atoms with Gasteiger partial charge in [0.1, 0.15) is 17.7 Å². The first kappa shape index (κ1) is 19.1. The second kappa shape index (κ2) is 7.33. The molecule has 0 saturated carbocycles. The van der Waals surface area contributed by atoms with E-state index in [9.17, 15) is 14.0 Å². The van der Waals surface area contributed by atoms with Crippen molar-refractivity contribution in [3.8, 4) is 0 Å². The van der Waals surface area contributed by atoms with Gasteiger partial charge in [0, 0.05) is 29.1 Å². The van der Waals surface area contributed by atoms with Crippen LogP contribution in [-0.4, -0.2) is 27.6 Å². The molecule has 0 spiro atoms. The first-order chi connectivity index (χ1) is 13.8. The average molecular weight is 413 g/mol. The van der Waals surface area contributed by atoms with Crippen molar-refractivity contribution in [1.82, 2.24) is 15.1 Å². The molecule has 1 aromatic heterocycles. The average Bonchev–Trinajstić information content (AvgIpc) is 2.96. The second-order valence-electron chi connectivity index (χ2n) is 6.95. The number of nitrogens with one attached hydrogen (secondary N) is 2. The van der Waals surface area contributed by atoms with Gasteiger partial charge in [-0.25, -0.2) is 4.39 Å². The van der Waals surface area contributed by atoms with Gasteiger partial charge in [0.2, 0.25) is 5.91 Å². The summed E-state index contributed by atoms with van der Waals surface area (Å²) in [5.41, 5.74) is 2.40. The number of hydrogen-bond donors (Lipinski definition) is 2. The number of carbonyl (C=O) groups excluding carboxylic acids is 2. The minimum Gasteiger partial charge on any atom is -0.339 e. The van der Waals surface area contributed by atoms with Crippen molar-refractivity contribution < 1.29 is 14.0 Å². The summed E-state index contributed by atoms with van der Waals surface area (Å²) in [4.78, 5) is 25.7. The molecule has 3 aromatic rings. The maximum Gasteiger partial charge on any atom is 0.251 e. The Balaban J connectivity index is 1.78. The molecule has 29 heavy (non-hydrogen) atoms. The maximum atomic E-state index is 14.0. The third-order valence-electron chi connectivity index (χ3n) is 5.04. The van der Waals surface area contributed by atoms with E-state index in [0.717, 1.165) is 5.56 Å². The highest BCUT2D eigenvalue weighted by Crippen LogP contribution is 2.39. The minimum absolute atomic E-state index is 0.369. The Morgan fingerprint density at radius 3 is 2.66 bits per heavy atom. The number of rotatable bonds is 3. The van der Waals surface area contributed by atoms with Gasteiger partial charge in [0.05, 0.1) is 5.69 Å². The number of hydrogen-bond acceptors (Lipinski definition) is 3. The third-order valence-corrected chi connectivity index (χ3v) is 5.29. The molecular formula is C21H18ClFN4O2. The molecule has 8 heteroatoms. The highest BCUT2D eigenvalue weighted by atomic mass is 35.5. The Kier molecular flexibility index (Phi) is 4.84. The van der Waals surface area contributed by atoms with E-state index in [4.69, 9.17) is 11.6 Å². The molecule has 148 valence electrons. The summed E-state index contributed by atoms with van der Waals surface area (Å²) in [6.07, 6.45) is 0. The number of carbonyl (C=O) groups is 2. The van der Waals surface area contributed by atoms with Crippen LogP contribution in [0, 0.1) is 12.7 Å². The normalized spacial score (nSPS) is 18.1. The molecule has 2 atom stereocenters. The van der Waals surface area contributed by atoms with E-state index >= 15 is 0 Å². The first-order valence-corrected chi connectivity index (χ1v) is 9.39. The van der Waals surface area contributed by atoms with Gasteiger partial charge in [-0.1, -0.05) is 23.7 Å². The van der Waals surface area contributed by atoms with Crippen LogP contribution in [0.5, 0.6) is 0 Å². The van der Waals surface area contributed by atoms with Crippen molar-refractivity contribution in [2.24, 2.45) is 7.05 Å². The van der Waals surface area contributed by atoms with E-state index in [0.29, 0.717) is 27.7 Å². The fourth-order valence-electron chi connectivity index (χ4n) is 3.74. The lowest BCUT2D eigenvalue weighted by Gasteiger charge is -2.32. The summed E-state index contributed by atoms with van der Waals surface area (Å²) < 4.78 is 15.5. The van der Waals surface area contributed by atoms with Crippen LogP contribution in [0.15, 0.2) is 48.5 Å². The molecule has 0 aliphatic carbocycles. The molecule has 1 aliphatic heterocycles. The molecular weight excluding hydrogens is 395 g/mol. The lowest BCUT2D eigenvalue weighted by molar-refractivity contribution is -0.118. The van der Waals surface area contributed by atoms with Gasteiger partial charge in [-0.3, -0.25) is 14.3 Å². The number of aromatic nitrogens is 2. The SMILES string of the molecule is Cc1nn(C)c2c1[C@H](c1cccc(F)c1)[C@H](NC(=O)c1ccc(Cl)cc1)C(=O)N2. The van der Waals surface area contributed by atoms with Crippen molar-refractivity contribution in [3.63, 3.8) is 0 Å². The lowest BCUT2D eigenvalue weighted by Crippen LogP contribution is -2.50. The molecule has 0 bridgehead atoms. The number of halogens is 2. The zero-order valence-corrected chi connectivity index (χ0v) is 16.5. The summed E-state index contributed by atoms with van der Waals surface area (Å²) in [5, 5.41) is 10.5. The summed E-state index contributed by atoms with van der Waals surface area (Å²) in [6, 6.07) is 11.5. The molecule has 2 amide bonds. The summed E-state index contributed by atoms with van der Waals surface area (Å²) in [6.45, 7) is 1.82. The first-order valence-electron chi connectivity index (χ1n) is 9.01. The largest absolute Gasteiger partial charge is 0.339 e. The molecule has 1 aliphatic rings. The van der Waals surface area contributed by atoms with Gasteiger partial charge in [0.25, 0.3) is 5.91 Å². The van der Waals surface area contributed by atoms with Crippen LogP contribution in [0.3, 0.4) is 0 Å². The predicted molar refractivity (Wildman–Crippen MR) is 108 cm³/mol. The Morgan fingerprint density at radius 2 is 1.97 bits per heavy atom. The molecule has 2 aromatic carbocycles. The zero-order valence-electron chi connectivity index (χ0n) is 15.7. The molecule has 2 heterocycles. The molecule has 0 unspecified atom stereocenters. The Labute approximate surface area is 171 Å². The van der Waals surface area contributed by atoms with Gasteiger partial charge >= 0.3 is 0 Å². The van der Waals surface area contributed by atoms with Crippen LogP contribution >= 0.6 is 11.6 Å². The van der Waals surface area contributed by atoms with Crippen LogP contribution in [0.1, 0.15) is 33.1 Å². The highest BCUT2D eigenvalue weighted by molar-refractivity contribution is 6.30. The molecule has 2 N–H and O–H groups in total. The summed E-state index contributed by atoms with van der Waals surface area (Å²) >= 11 is 5.88. The van der Waals surface area contributed by atoms with Gasteiger partial charge in [-0.15, -0.1) is 0 Å². The third kappa shape index (κ3) is 3.49. The van der Waals surface area contributed by atoms with Gasteiger partial charge in [-0.2, -0.15) is 5.10 Å². The molecule has 6 nitrogen and oxygen atoms in total. The van der Waals surface area contributed by atoms with Crippen LogP contribution < -0.4 is 10.6 Å². The smallest absolute Gasteiger partial charge is 0.251 e. The maximum absolute atomic E-state index is 14.0. The van der Waals surface area contributed by atoms with E-state index in [1.807, 2.05) is 6.92 Å². The van der Waals surface area contributed by atoms with Gasteiger partial charge in [-0.05, 0) is 48.9 Å². The molecule has 0 saturated heterocycles. The van der Waals surface area contributed by atoms with E-state index in [2.05, 4.69) is 15.7 Å². The van der Waals surface area contributed by atoms with Crippen molar-refractivity contribution in [2.75, 3.05) is 5.32 Å². The number of aryl methyl sites for hydroxylation is 2. The van der Waals surface area contributed by atoms with Crippen LogP contribution in [-0.2, 0) is 11.8 Å². The van der Waals surface area contributed by atoms with E-state index in [1.54, 1.807) is 48.1 Å². The topological polar surface area (TPSA) is 76.0 Å². The van der Waals surface area contributed by atoms with Gasteiger partial charge < -0.3 is 10.6 Å². The van der Waals surface area contributed by atoms with Crippen molar-refractivity contribution in [1.29, 1.82) is 0 Å². The number of nitrogens with zero attached hydrogens (tertiary/aromatic N) is 2. The second-order valence-corrected chi connectivity index (χ2v) is 7.39. The van der Waals surface area contributed by atoms with E-state index in [-0.39, 0.29) is 0 Å². The van der Waals surface area contributed by atoms with Gasteiger partial charge in [0.15, 0.2) is 0 Å².